The lowest BCUT2D eigenvalue weighted by Gasteiger charge is -2.28. The highest BCUT2D eigenvalue weighted by Gasteiger charge is 2.16. The third-order valence-corrected chi connectivity index (χ3v) is 2.87. The van der Waals surface area contributed by atoms with E-state index in [9.17, 15) is 9.50 Å². The van der Waals surface area contributed by atoms with Crippen molar-refractivity contribution in [1.82, 2.24) is 0 Å². The normalized spacial score (nSPS) is 13.9. The lowest BCUT2D eigenvalue weighted by atomic mass is 10.1. The van der Waals surface area contributed by atoms with Crippen molar-refractivity contribution in [3.8, 4) is 6.07 Å². The monoisotopic (exact) mass is 236 g/mol. The summed E-state index contributed by atoms with van der Waals surface area (Å²) in [6, 6.07) is 6.43. The smallest absolute Gasteiger partial charge is 0.123 e. The third kappa shape index (κ3) is 3.18. The quantitative estimate of drug-likeness (QED) is 0.874. The summed E-state index contributed by atoms with van der Waals surface area (Å²) in [4.78, 5) is 1.88. The molecule has 1 aromatic rings. The Morgan fingerprint density at radius 3 is 2.65 bits per heavy atom. The molecule has 0 amide bonds. The second kappa shape index (κ2) is 5.65. The maximum atomic E-state index is 13.1. The molecule has 4 heteroatoms. The number of aliphatic hydroxyl groups excluding tert-OH is 1. The number of benzene rings is 1. The van der Waals surface area contributed by atoms with Gasteiger partial charge in [-0.3, -0.25) is 0 Å². The molecule has 17 heavy (non-hydrogen) atoms. The molecule has 0 fully saturated rings. The summed E-state index contributed by atoms with van der Waals surface area (Å²) in [5.41, 5.74) is 1.29. The molecule has 1 unspecified atom stereocenters. The predicted molar refractivity (Wildman–Crippen MR) is 65.1 cm³/mol. The molecule has 92 valence electrons. The van der Waals surface area contributed by atoms with Crippen LogP contribution in [0.15, 0.2) is 18.2 Å². The van der Waals surface area contributed by atoms with Gasteiger partial charge >= 0.3 is 0 Å². The zero-order valence-corrected chi connectivity index (χ0v) is 10.3. The maximum absolute atomic E-state index is 13.1. The first kappa shape index (κ1) is 13.5. The molecule has 3 nitrogen and oxygen atoms in total. The van der Waals surface area contributed by atoms with Crippen LogP contribution >= 0.6 is 0 Å². The van der Waals surface area contributed by atoms with Gasteiger partial charge in [-0.25, -0.2) is 4.39 Å². The number of anilines is 1. The van der Waals surface area contributed by atoms with Gasteiger partial charge in [-0.1, -0.05) is 0 Å². The summed E-state index contributed by atoms with van der Waals surface area (Å²) in [5, 5.41) is 18.3. The van der Waals surface area contributed by atoms with Crippen molar-refractivity contribution in [2.24, 2.45) is 0 Å². The van der Waals surface area contributed by atoms with Crippen LogP contribution in [0.1, 0.15) is 31.9 Å². The van der Waals surface area contributed by atoms with Gasteiger partial charge in [-0.15, -0.1) is 0 Å². The standard InChI is InChI=1S/C13H17FN2O/c1-9(6-7-15)16(3)13-5-4-11(14)8-12(13)10(2)17/h4-5,8-10,17H,6H2,1-3H3/t9?,10-/m1/s1. The molecule has 0 heterocycles. The number of nitriles is 1. The molecule has 0 spiro atoms. The topological polar surface area (TPSA) is 47.3 Å². The van der Waals surface area contributed by atoms with Crippen molar-refractivity contribution < 1.29 is 9.50 Å². The van der Waals surface area contributed by atoms with Crippen LogP contribution in [-0.4, -0.2) is 18.2 Å². The minimum absolute atomic E-state index is 0.0166. The van der Waals surface area contributed by atoms with E-state index >= 15 is 0 Å². The highest BCUT2D eigenvalue weighted by atomic mass is 19.1. The van der Waals surface area contributed by atoms with Crippen LogP contribution in [0.3, 0.4) is 0 Å². The fraction of sp³-hybridized carbons (Fsp3) is 0.462. The van der Waals surface area contributed by atoms with Gasteiger partial charge in [0.2, 0.25) is 0 Å². The highest BCUT2D eigenvalue weighted by molar-refractivity contribution is 5.55. The first-order valence-corrected chi connectivity index (χ1v) is 5.54. The summed E-state index contributed by atoms with van der Waals surface area (Å²) in [6.07, 6.45) is -0.356. The molecule has 0 aromatic heterocycles. The molecule has 0 saturated carbocycles. The molecule has 0 radical (unpaired) electrons. The van der Waals surface area contributed by atoms with Gasteiger partial charge in [0.25, 0.3) is 0 Å². The van der Waals surface area contributed by atoms with Crippen molar-refractivity contribution in [2.75, 3.05) is 11.9 Å². The number of nitrogens with zero attached hydrogens (tertiary/aromatic N) is 2. The summed E-state index contributed by atoms with van der Waals surface area (Å²) >= 11 is 0. The van der Waals surface area contributed by atoms with Crippen molar-refractivity contribution in [2.45, 2.75) is 32.4 Å². The van der Waals surface area contributed by atoms with Crippen LogP contribution in [-0.2, 0) is 0 Å². The Morgan fingerprint density at radius 2 is 2.12 bits per heavy atom. The van der Waals surface area contributed by atoms with E-state index in [4.69, 9.17) is 5.26 Å². The summed E-state index contributed by atoms with van der Waals surface area (Å²) < 4.78 is 13.1. The zero-order chi connectivity index (χ0) is 13.0. The highest BCUT2D eigenvalue weighted by Crippen LogP contribution is 2.28. The molecule has 0 bridgehead atoms. The summed E-state index contributed by atoms with van der Waals surface area (Å²) in [5.74, 6) is -0.369. The summed E-state index contributed by atoms with van der Waals surface area (Å²) in [7, 11) is 1.83. The van der Waals surface area contributed by atoms with Crippen molar-refractivity contribution >= 4 is 5.69 Å². The number of rotatable bonds is 4. The maximum Gasteiger partial charge on any atom is 0.123 e. The SMILES string of the molecule is CC(CC#N)N(C)c1ccc(F)cc1[C@@H](C)O. The van der Waals surface area contributed by atoms with Gasteiger partial charge in [-0.2, -0.15) is 5.26 Å². The summed E-state index contributed by atoms with van der Waals surface area (Å²) in [6.45, 7) is 3.51. The fourth-order valence-corrected chi connectivity index (χ4v) is 1.69. The molecule has 2 atom stereocenters. The Labute approximate surface area is 101 Å². The Balaban J connectivity index is 3.09. The minimum Gasteiger partial charge on any atom is -0.389 e. The molecule has 1 rings (SSSR count). The second-order valence-electron chi connectivity index (χ2n) is 4.20. The second-order valence-corrected chi connectivity index (χ2v) is 4.20. The van der Waals surface area contributed by atoms with Crippen LogP contribution in [0.25, 0.3) is 0 Å². The third-order valence-electron chi connectivity index (χ3n) is 2.87. The van der Waals surface area contributed by atoms with Crippen molar-refractivity contribution in [1.29, 1.82) is 5.26 Å². The van der Waals surface area contributed by atoms with Gasteiger partial charge in [0, 0.05) is 24.3 Å². The lowest BCUT2D eigenvalue weighted by Crippen LogP contribution is -2.29. The molecule has 0 saturated heterocycles. The first-order valence-electron chi connectivity index (χ1n) is 5.54. The van der Waals surface area contributed by atoms with E-state index in [0.717, 1.165) is 5.69 Å². The lowest BCUT2D eigenvalue weighted by molar-refractivity contribution is 0.199. The number of hydrogen-bond donors (Lipinski definition) is 1. The largest absolute Gasteiger partial charge is 0.389 e. The van der Waals surface area contributed by atoms with Crippen LogP contribution in [0, 0.1) is 17.1 Å². The predicted octanol–water partition coefficient (Wildman–Crippen LogP) is 2.62. The molecular formula is C13H17FN2O. The average molecular weight is 236 g/mol. The van der Waals surface area contributed by atoms with E-state index in [-0.39, 0.29) is 11.9 Å². The Morgan fingerprint density at radius 1 is 1.47 bits per heavy atom. The van der Waals surface area contributed by atoms with E-state index < -0.39 is 6.10 Å². The zero-order valence-electron chi connectivity index (χ0n) is 10.3. The molecule has 0 aliphatic heterocycles. The van der Waals surface area contributed by atoms with E-state index in [1.54, 1.807) is 13.0 Å². The fourth-order valence-electron chi connectivity index (χ4n) is 1.69. The molecular weight excluding hydrogens is 219 g/mol. The Bertz CT molecular complexity index is 426. The van der Waals surface area contributed by atoms with E-state index in [1.807, 2.05) is 18.9 Å². The van der Waals surface area contributed by atoms with Crippen LogP contribution < -0.4 is 4.90 Å². The van der Waals surface area contributed by atoms with Crippen LogP contribution in [0.4, 0.5) is 10.1 Å². The van der Waals surface area contributed by atoms with Crippen LogP contribution in [0.5, 0.6) is 0 Å². The molecule has 1 aromatic carbocycles. The van der Waals surface area contributed by atoms with Crippen molar-refractivity contribution in [3.05, 3.63) is 29.6 Å². The van der Waals surface area contributed by atoms with Crippen LogP contribution in [0.2, 0.25) is 0 Å². The average Bonchev–Trinajstić information content (AvgIpc) is 2.28. The number of aliphatic hydroxyl groups is 1. The van der Waals surface area contributed by atoms with Gasteiger partial charge in [-0.05, 0) is 32.0 Å². The Hall–Kier alpha value is -1.60. The van der Waals surface area contributed by atoms with Gasteiger partial charge in [0.1, 0.15) is 5.82 Å². The molecule has 1 N–H and O–H groups in total. The Kier molecular flexibility index (Phi) is 4.47. The molecule has 0 aliphatic rings. The van der Waals surface area contributed by atoms with E-state index in [1.165, 1.54) is 12.1 Å². The van der Waals surface area contributed by atoms with Gasteiger partial charge < -0.3 is 10.0 Å². The first-order chi connectivity index (χ1) is 7.97. The van der Waals surface area contributed by atoms with E-state index in [0.29, 0.717) is 12.0 Å². The number of halogens is 1. The molecule has 0 aliphatic carbocycles. The van der Waals surface area contributed by atoms with Gasteiger partial charge in [0.05, 0.1) is 18.6 Å². The number of hydrogen-bond acceptors (Lipinski definition) is 3. The van der Waals surface area contributed by atoms with Gasteiger partial charge in [0.15, 0.2) is 0 Å². The van der Waals surface area contributed by atoms with Crippen molar-refractivity contribution in [3.63, 3.8) is 0 Å². The van der Waals surface area contributed by atoms with E-state index in [2.05, 4.69) is 6.07 Å². The minimum atomic E-state index is -0.738.